The Balaban J connectivity index is 1.62. The second-order valence-corrected chi connectivity index (χ2v) is 6.96. The molecule has 3 rings (SSSR count). The molecular formula is C20H22ClN3O2. The summed E-state index contributed by atoms with van der Waals surface area (Å²) in [5, 5.41) is 3.50. The number of benzene rings is 2. The molecule has 0 atom stereocenters. The van der Waals surface area contributed by atoms with Crippen LogP contribution >= 0.6 is 11.6 Å². The molecule has 0 spiro atoms. The van der Waals surface area contributed by atoms with Gasteiger partial charge in [-0.3, -0.25) is 9.59 Å². The summed E-state index contributed by atoms with van der Waals surface area (Å²) < 4.78 is 0. The van der Waals surface area contributed by atoms with Crippen molar-refractivity contribution in [3.63, 3.8) is 0 Å². The Morgan fingerprint density at radius 3 is 2.42 bits per heavy atom. The third kappa shape index (κ3) is 4.84. The molecule has 1 aliphatic rings. The second kappa shape index (κ2) is 8.34. The van der Waals surface area contributed by atoms with Crippen molar-refractivity contribution in [3.05, 3.63) is 64.7 Å². The lowest BCUT2D eigenvalue weighted by Gasteiger charge is -2.32. The average molecular weight is 372 g/mol. The zero-order chi connectivity index (χ0) is 18.5. The number of hydrogen-bond donors (Lipinski definition) is 1. The fraction of sp³-hybridized carbons (Fsp3) is 0.300. The van der Waals surface area contributed by atoms with Gasteiger partial charge in [-0.2, -0.15) is 0 Å². The summed E-state index contributed by atoms with van der Waals surface area (Å²) in [5.74, 6) is -0.122. The molecule has 0 unspecified atom stereocenters. The first-order chi connectivity index (χ1) is 12.5. The molecule has 1 heterocycles. The molecule has 0 radical (unpaired) electrons. The quantitative estimate of drug-likeness (QED) is 0.899. The number of piperazine rings is 1. The Morgan fingerprint density at radius 2 is 1.73 bits per heavy atom. The van der Waals surface area contributed by atoms with E-state index >= 15 is 0 Å². The van der Waals surface area contributed by atoms with Gasteiger partial charge in [0.2, 0.25) is 5.91 Å². The minimum absolute atomic E-state index is 0.00639. The van der Waals surface area contributed by atoms with Crippen molar-refractivity contribution in [1.29, 1.82) is 0 Å². The number of rotatable bonds is 4. The van der Waals surface area contributed by atoms with Crippen LogP contribution in [0.15, 0.2) is 48.5 Å². The van der Waals surface area contributed by atoms with E-state index in [1.807, 2.05) is 17.0 Å². The van der Waals surface area contributed by atoms with Crippen LogP contribution in [0.5, 0.6) is 0 Å². The van der Waals surface area contributed by atoms with Crippen LogP contribution in [0.3, 0.4) is 0 Å². The van der Waals surface area contributed by atoms with Gasteiger partial charge in [0.25, 0.3) is 5.91 Å². The van der Waals surface area contributed by atoms with Crippen LogP contribution < -0.4 is 5.32 Å². The molecule has 6 heteroatoms. The minimum Gasteiger partial charge on any atom is -0.336 e. The van der Waals surface area contributed by atoms with Crippen LogP contribution in [0.4, 0.5) is 5.69 Å². The van der Waals surface area contributed by atoms with E-state index in [1.165, 1.54) is 0 Å². The smallest absolute Gasteiger partial charge is 0.254 e. The van der Waals surface area contributed by atoms with Crippen LogP contribution in [-0.4, -0.2) is 54.8 Å². The monoisotopic (exact) mass is 371 g/mol. The first-order valence-electron chi connectivity index (χ1n) is 8.63. The van der Waals surface area contributed by atoms with Crippen molar-refractivity contribution < 1.29 is 9.59 Å². The van der Waals surface area contributed by atoms with E-state index in [9.17, 15) is 9.59 Å². The molecule has 0 saturated carbocycles. The van der Waals surface area contributed by atoms with Gasteiger partial charge in [-0.05, 0) is 42.9 Å². The van der Waals surface area contributed by atoms with Crippen molar-refractivity contribution >= 4 is 29.1 Å². The third-order valence-corrected chi connectivity index (χ3v) is 4.71. The number of likely N-dealkylation sites (N-methyl/N-ethyl adjacent to an activating group) is 1. The standard InChI is InChI=1S/C20H22ClN3O2/c1-23-9-11-24(12-10-23)20(26)16-3-2-4-18(14-16)22-19(25)13-15-5-7-17(21)8-6-15/h2-8,14H,9-13H2,1H3,(H,22,25). The molecule has 2 amide bonds. The Bertz CT molecular complexity index is 784. The number of carbonyl (C=O) groups excluding carboxylic acids is 2. The molecule has 1 saturated heterocycles. The zero-order valence-corrected chi connectivity index (χ0v) is 15.5. The largest absolute Gasteiger partial charge is 0.336 e. The van der Waals surface area contributed by atoms with Gasteiger partial charge < -0.3 is 15.1 Å². The summed E-state index contributed by atoms with van der Waals surface area (Å²) >= 11 is 5.86. The van der Waals surface area contributed by atoms with Crippen molar-refractivity contribution in [3.8, 4) is 0 Å². The SMILES string of the molecule is CN1CCN(C(=O)c2cccc(NC(=O)Cc3ccc(Cl)cc3)c2)CC1. The molecule has 5 nitrogen and oxygen atoms in total. The lowest BCUT2D eigenvalue weighted by atomic mass is 10.1. The van der Waals surface area contributed by atoms with Crippen molar-refractivity contribution in [2.75, 3.05) is 38.5 Å². The molecular weight excluding hydrogens is 350 g/mol. The summed E-state index contributed by atoms with van der Waals surface area (Å²) in [6.45, 7) is 3.21. The van der Waals surface area contributed by atoms with Crippen LogP contribution in [0, 0.1) is 0 Å². The highest BCUT2D eigenvalue weighted by Crippen LogP contribution is 2.15. The molecule has 1 fully saturated rings. The Labute approximate surface area is 158 Å². The highest BCUT2D eigenvalue weighted by molar-refractivity contribution is 6.30. The van der Waals surface area contributed by atoms with Gasteiger partial charge in [0.15, 0.2) is 0 Å². The van der Waals surface area contributed by atoms with Gasteiger partial charge in [-0.15, -0.1) is 0 Å². The Kier molecular flexibility index (Phi) is 5.91. The van der Waals surface area contributed by atoms with Crippen LogP contribution in [0.1, 0.15) is 15.9 Å². The van der Waals surface area contributed by atoms with E-state index in [0.717, 1.165) is 31.7 Å². The number of amides is 2. The van der Waals surface area contributed by atoms with Gasteiger partial charge in [0.1, 0.15) is 0 Å². The predicted molar refractivity (Wildman–Crippen MR) is 104 cm³/mol. The molecule has 1 aliphatic heterocycles. The van der Waals surface area contributed by atoms with Gasteiger partial charge in [0.05, 0.1) is 6.42 Å². The van der Waals surface area contributed by atoms with Crippen molar-refractivity contribution in [1.82, 2.24) is 9.80 Å². The molecule has 26 heavy (non-hydrogen) atoms. The molecule has 0 aliphatic carbocycles. The molecule has 0 bridgehead atoms. The van der Waals surface area contributed by atoms with E-state index in [4.69, 9.17) is 11.6 Å². The summed E-state index contributed by atoms with van der Waals surface area (Å²) in [6, 6.07) is 14.3. The molecule has 2 aromatic rings. The molecule has 0 aromatic heterocycles. The fourth-order valence-corrected chi connectivity index (χ4v) is 3.04. The Hall–Kier alpha value is -2.37. The number of hydrogen-bond acceptors (Lipinski definition) is 3. The van der Waals surface area contributed by atoms with Crippen LogP contribution in [-0.2, 0) is 11.2 Å². The van der Waals surface area contributed by atoms with E-state index in [0.29, 0.717) is 16.3 Å². The summed E-state index contributed by atoms with van der Waals surface area (Å²) in [6.07, 6.45) is 0.258. The summed E-state index contributed by atoms with van der Waals surface area (Å²) in [5.41, 5.74) is 2.11. The van der Waals surface area contributed by atoms with Gasteiger partial charge in [-0.25, -0.2) is 0 Å². The normalized spacial score (nSPS) is 14.9. The molecule has 136 valence electrons. The summed E-state index contributed by atoms with van der Waals surface area (Å²) in [4.78, 5) is 29.0. The maximum absolute atomic E-state index is 12.6. The van der Waals surface area contributed by atoms with E-state index in [1.54, 1.807) is 36.4 Å². The lowest BCUT2D eigenvalue weighted by Crippen LogP contribution is -2.47. The first-order valence-corrected chi connectivity index (χ1v) is 9.01. The lowest BCUT2D eigenvalue weighted by molar-refractivity contribution is -0.115. The number of anilines is 1. The number of carbonyl (C=O) groups is 2. The highest BCUT2D eigenvalue weighted by Gasteiger charge is 2.20. The maximum Gasteiger partial charge on any atom is 0.254 e. The number of nitrogens with one attached hydrogen (secondary N) is 1. The number of halogens is 1. The molecule has 1 N–H and O–H groups in total. The van der Waals surface area contributed by atoms with Gasteiger partial charge >= 0.3 is 0 Å². The van der Waals surface area contributed by atoms with Crippen LogP contribution in [0.25, 0.3) is 0 Å². The maximum atomic E-state index is 12.6. The predicted octanol–water partition coefficient (Wildman–Crippen LogP) is 2.91. The van der Waals surface area contributed by atoms with Gasteiger partial charge in [0, 0.05) is 42.5 Å². The van der Waals surface area contributed by atoms with Crippen molar-refractivity contribution in [2.45, 2.75) is 6.42 Å². The van der Waals surface area contributed by atoms with E-state index in [2.05, 4.69) is 17.3 Å². The van der Waals surface area contributed by atoms with Crippen LogP contribution in [0.2, 0.25) is 5.02 Å². The third-order valence-electron chi connectivity index (χ3n) is 4.46. The zero-order valence-electron chi connectivity index (χ0n) is 14.7. The minimum atomic E-state index is -0.128. The summed E-state index contributed by atoms with van der Waals surface area (Å²) in [7, 11) is 2.05. The topological polar surface area (TPSA) is 52.6 Å². The van der Waals surface area contributed by atoms with Crippen molar-refractivity contribution in [2.24, 2.45) is 0 Å². The van der Waals surface area contributed by atoms with E-state index in [-0.39, 0.29) is 18.2 Å². The average Bonchev–Trinajstić information content (AvgIpc) is 2.64. The number of nitrogens with zero attached hydrogens (tertiary/aromatic N) is 2. The van der Waals surface area contributed by atoms with E-state index < -0.39 is 0 Å². The van der Waals surface area contributed by atoms with Gasteiger partial charge in [-0.1, -0.05) is 29.8 Å². The Morgan fingerprint density at radius 1 is 1.04 bits per heavy atom. The first kappa shape index (κ1) is 18.4. The highest BCUT2D eigenvalue weighted by atomic mass is 35.5. The molecule has 2 aromatic carbocycles. The second-order valence-electron chi connectivity index (χ2n) is 6.53. The fourth-order valence-electron chi connectivity index (χ4n) is 2.91.